The highest BCUT2D eigenvalue weighted by molar-refractivity contribution is 6.31. The Hall–Kier alpha value is -0.930. The molecule has 80 valence electrons. The fraction of sp³-hybridized carbons (Fsp3) is 0.364. The van der Waals surface area contributed by atoms with Crippen molar-refractivity contribution in [3.05, 3.63) is 34.6 Å². The van der Waals surface area contributed by atoms with Crippen molar-refractivity contribution >= 4 is 17.4 Å². The highest BCUT2D eigenvalue weighted by Crippen LogP contribution is 2.20. The Morgan fingerprint density at radius 2 is 2.27 bits per heavy atom. The van der Waals surface area contributed by atoms with Gasteiger partial charge in [0.25, 0.3) is 0 Å². The topological polar surface area (TPSA) is 20.3 Å². The molecule has 15 heavy (non-hydrogen) atoms. The third-order valence-corrected chi connectivity index (χ3v) is 2.88. The summed E-state index contributed by atoms with van der Waals surface area (Å²) in [6.45, 7) is 1.74. The molecular formula is C11H11ClFNO. The van der Waals surface area contributed by atoms with E-state index in [0.717, 1.165) is 12.1 Å². The normalized spacial score (nSPS) is 17.3. The van der Waals surface area contributed by atoms with Crippen LogP contribution in [0.15, 0.2) is 18.2 Å². The molecule has 0 saturated carbocycles. The van der Waals surface area contributed by atoms with Crippen molar-refractivity contribution in [2.45, 2.75) is 13.0 Å². The Kier molecular flexibility index (Phi) is 3.03. The zero-order valence-corrected chi connectivity index (χ0v) is 8.93. The van der Waals surface area contributed by atoms with Crippen LogP contribution in [0.25, 0.3) is 0 Å². The van der Waals surface area contributed by atoms with Crippen LogP contribution in [0.2, 0.25) is 5.02 Å². The summed E-state index contributed by atoms with van der Waals surface area (Å²) in [5, 5.41) is 0.552. The van der Waals surface area contributed by atoms with Gasteiger partial charge in [-0.1, -0.05) is 11.6 Å². The van der Waals surface area contributed by atoms with Crippen LogP contribution in [0.1, 0.15) is 12.0 Å². The molecule has 0 spiro atoms. The third kappa shape index (κ3) is 2.55. The summed E-state index contributed by atoms with van der Waals surface area (Å²) in [7, 11) is 0. The quantitative estimate of drug-likeness (QED) is 0.773. The molecule has 0 atom stereocenters. The Morgan fingerprint density at radius 1 is 1.47 bits per heavy atom. The van der Waals surface area contributed by atoms with Gasteiger partial charge in [-0.25, -0.2) is 4.39 Å². The molecule has 1 aromatic carbocycles. The van der Waals surface area contributed by atoms with E-state index in [9.17, 15) is 9.18 Å². The number of hydrogen-bond donors (Lipinski definition) is 0. The highest BCUT2D eigenvalue weighted by Gasteiger charge is 2.19. The molecule has 1 aliphatic heterocycles. The molecule has 0 aromatic heterocycles. The standard InChI is InChI=1S/C11H11ClFNO/c12-11-2-1-9(13)5-8(11)6-14-4-3-10(15)7-14/h1-2,5H,3-4,6-7H2. The number of Topliss-reactive ketones (excluding diaryl/α,β-unsaturated/α-hetero) is 1. The van der Waals surface area contributed by atoms with Crippen molar-refractivity contribution in [2.24, 2.45) is 0 Å². The molecule has 0 amide bonds. The van der Waals surface area contributed by atoms with Gasteiger partial charge in [0, 0.05) is 24.5 Å². The van der Waals surface area contributed by atoms with Crippen LogP contribution >= 0.6 is 11.6 Å². The van der Waals surface area contributed by atoms with Gasteiger partial charge in [0.1, 0.15) is 11.6 Å². The maximum absolute atomic E-state index is 13.0. The van der Waals surface area contributed by atoms with E-state index in [1.807, 2.05) is 4.90 Å². The zero-order valence-electron chi connectivity index (χ0n) is 8.17. The number of carbonyl (C=O) groups is 1. The number of ketones is 1. The summed E-state index contributed by atoms with van der Waals surface area (Å²) in [5.74, 6) is -0.0533. The minimum atomic E-state index is -0.292. The lowest BCUT2D eigenvalue weighted by Gasteiger charge is -2.14. The first-order valence-corrected chi connectivity index (χ1v) is 5.21. The number of nitrogens with zero attached hydrogens (tertiary/aromatic N) is 1. The first kappa shape index (κ1) is 10.6. The number of halogens is 2. The summed E-state index contributed by atoms with van der Waals surface area (Å²) in [4.78, 5) is 13.0. The fourth-order valence-corrected chi connectivity index (χ4v) is 1.91. The average Bonchev–Trinajstić information content (AvgIpc) is 2.58. The Bertz CT molecular complexity index is 394. The number of rotatable bonds is 2. The molecule has 0 aliphatic carbocycles. The lowest BCUT2D eigenvalue weighted by atomic mass is 10.2. The molecule has 1 fully saturated rings. The summed E-state index contributed by atoms with van der Waals surface area (Å²) in [6.07, 6.45) is 0.590. The summed E-state index contributed by atoms with van der Waals surface area (Å²) in [6, 6.07) is 4.30. The molecular weight excluding hydrogens is 217 g/mol. The molecule has 0 bridgehead atoms. The van der Waals surface area contributed by atoms with Crippen LogP contribution in [0.5, 0.6) is 0 Å². The summed E-state index contributed by atoms with van der Waals surface area (Å²) in [5.41, 5.74) is 0.742. The molecule has 4 heteroatoms. The Labute approximate surface area is 92.6 Å². The van der Waals surface area contributed by atoms with Gasteiger partial charge in [-0.2, -0.15) is 0 Å². The van der Waals surface area contributed by atoms with E-state index in [2.05, 4.69) is 0 Å². The van der Waals surface area contributed by atoms with Gasteiger partial charge >= 0.3 is 0 Å². The van der Waals surface area contributed by atoms with Crippen LogP contribution in [-0.4, -0.2) is 23.8 Å². The lowest BCUT2D eigenvalue weighted by molar-refractivity contribution is -0.116. The van der Waals surface area contributed by atoms with Gasteiger partial charge in [0.15, 0.2) is 0 Å². The highest BCUT2D eigenvalue weighted by atomic mass is 35.5. The van der Waals surface area contributed by atoms with Crippen molar-refractivity contribution in [2.75, 3.05) is 13.1 Å². The number of likely N-dealkylation sites (tertiary alicyclic amines) is 1. The first-order chi connectivity index (χ1) is 7.15. The largest absolute Gasteiger partial charge is 0.298 e. The minimum Gasteiger partial charge on any atom is -0.298 e. The van der Waals surface area contributed by atoms with Crippen LogP contribution < -0.4 is 0 Å². The molecule has 2 nitrogen and oxygen atoms in total. The molecule has 0 radical (unpaired) electrons. The molecule has 2 rings (SSSR count). The second-order valence-corrected chi connectivity index (χ2v) is 4.14. The maximum Gasteiger partial charge on any atom is 0.148 e. The summed E-state index contributed by atoms with van der Waals surface area (Å²) < 4.78 is 13.0. The number of benzene rings is 1. The van der Waals surface area contributed by atoms with Crippen molar-refractivity contribution in [3.63, 3.8) is 0 Å². The van der Waals surface area contributed by atoms with Crippen molar-refractivity contribution in [1.29, 1.82) is 0 Å². The molecule has 0 N–H and O–H groups in total. The van der Waals surface area contributed by atoms with E-state index in [1.165, 1.54) is 12.1 Å². The first-order valence-electron chi connectivity index (χ1n) is 4.83. The van der Waals surface area contributed by atoms with Crippen molar-refractivity contribution in [1.82, 2.24) is 4.90 Å². The van der Waals surface area contributed by atoms with Gasteiger partial charge in [-0.3, -0.25) is 9.69 Å². The third-order valence-electron chi connectivity index (χ3n) is 2.51. The molecule has 1 aromatic rings. The Morgan fingerprint density at radius 3 is 2.93 bits per heavy atom. The maximum atomic E-state index is 13.0. The monoisotopic (exact) mass is 227 g/mol. The fourth-order valence-electron chi connectivity index (χ4n) is 1.73. The predicted molar refractivity (Wildman–Crippen MR) is 56.3 cm³/mol. The van der Waals surface area contributed by atoms with Crippen molar-refractivity contribution < 1.29 is 9.18 Å². The second kappa shape index (κ2) is 4.29. The van der Waals surface area contributed by atoms with E-state index < -0.39 is 0 Å². The SMILES string of the molecule is O=C1CCN(Cc2cc(F)ccc2Cl)C1. The summed E-state index contributed by atoms with van der Waals surface area (Å²) >= 11 is 5.93. The molecule has 1 saturated heterocycles. The molecule has 1 heterocycles. The van der Waals surface area contributed by atoms with Crippen LogP contribution in [0.3, 0.4) is 0 Å². The molecule has 0 unspecified atom stereocenters. The van der Waals surface area contributed by atoms with E-state index in [4.69, 9.17) is 11.6 Å². The minimum absolute atomic E-state index is 0.238. The average molecular weight is 228 g/mol. The van der Waals surface area contributed by atoms with Crippen LogP contribution in [0.4, 0.5) is 4.39 Å². The van der Waals surface area contributed by atoms with Gasteiger partial charge in [0.05, 0.1) is 6.54 Å². The predicted octanol–water partition coefficient (Wildman–Crippen LogP) is 2.25. The van der Waals surface area contributed by atoms with Crippen molar-refractivity contribution in [3.8, 4) is 0 Å². The zero-order chi connectivity index (χ0) is 10.8. The smallest absolute Gasteiger partial charge is 0.148 e. The van der Waals surface area contributed by atoms with Gasteiger partial charge in [0.2, 0.25) is 0 Å². The molecule has 1 aliphatic rings. The van der Waals surface area contributed by atoms with E-state index in [0.29, 0.717) is 24.5 Å². The van der Waals surface area contributed by atoms with E-state index in [-0.39, 0.29) is 11.6 Å². The lowest BCUT2D eigenvalue weighted by Crippen LogP contribution is -2.20. The number of carbonyl (C=O) groups excluding carboxylic acids is 1. The second-order valence-electron chi connectivity index (χ2n) is 3.74. The number of hydrogen-bond acceptors (Lipinski definition) is 2. The van der Waals surface area contributed by atoms with Gasteiger partial charge < -0.3 is 0 Å². The van der Waals surface area contributed by atoms with E-state index in [1.54, 1.807) is 6.07 Å². The van der Waals surface area contributed by atoms with Crippen LogP contribution in [0, 0.1) is 5.82 Å². The Balaban J connectivity index is 2.10. The van der Waals surface area contributed by atoms with E-state index >= 15 is 0 Å². The van der Waals surface area contributed by atoms with Gasteiger partial charge in [-0.05, 0) is 23.8 Å². The van der Waals surface area contributed by atoms with Crippen LogP contribution in [-0.2, 0) is 11.3 Å². The van der Waals surface area contributed by atoms with Gasteiger partial charge in [-0.15, -0.1) is 0 Å².